The van der Waals surface area contributed by atoms with E-state index < -0.39 is 0 Å². The normalized spacial score (nSPS) is 22.9. The van der Waals surface area contributed by atoms with E-state index in [2.05, 4.69) is 28.8 Å². The standard InChI is InChI=1S/C13H21N3O/c1-10-4-5-13(17)12(14-10)9-16-7-6-15(3)8-11(16)2/h4-5,11,17H,6-9H2,1-3H3. The van der Waals surface area contributed by atoms with Crippen LogP contribution >= 0.6 is 0 Å². The van der Waals surface area contributed by atoms with Crippen molar-refractivity contribution in [3.63, 3.8) is 0 Å². The van der Waals surface area contributed by atoms with Crippen LogP contribution in [0.25, 0.3) is 0 Å². The fraction of sp³-hybridized carbons (Fsp3) is 0.615. The molecule has 2 rings (SSSR count). The Hall–Kier alpha value is -1.13. The SMILES string of the molecule is Cc1ccc(O)c(CN2CCN(C)CC2C)n1. The van der Waals surface area contributed by atoms with E-state index in [-0.39, 0.29) is 0 Å². The maximum atomic E-state index is 9.80. The quantitative estimate of drug-likeness (QED) is 0.837. The van der Waals surface area contributed by atoms with E-state index in [9.17, 15) is 5.11 Å². The summed E-state index contributed by atoms with van der Waals surface area (Å²) >= 11 is 0. The summed E-state index contributed by atoms with van der Waals surface area (Å²) in [6, 6.07) is 4.08. The van der Waals surface area contributed by atoms with Crippen molar-refractivity contribution < 1.29 is 5.11 Å². The molecule has 1 N–H and O–H groups in total. The number of pyridine rings is 1. The van der Waals surface area contributed by atoms with Crippen LogP contribution in [0.2, 0.25) is 0 Å². The second-order valence-corrected chi connectivity index (χ2v) is 5.00. The molecule has 0 amide bonds. The van der Waals surface area contributed by atoms with Gasteiger partial charge in [-0.2, -0.15) is 0 Å². The highest BCUT2D eigenvalue weighted by Gasteiger charge is 2.22. The maximum Gasteiger partial charge on any atom is 0.138 e. The number of hydrogen-bond donors (Lipinski definition) is 1. The van der Waals surface area contributed by atoms with E-state index >= 15 is 0 Å². The van der Waals surface area contributed by atoms with E-state index in [0.29, 0.717) is 11.8 Å². The van der Waals surface area contributed by atoms with Crippen molar-refractivity contribution in [3.8, 4) is 5.75 Å². The molecule has 4 heteroatoms. The lowest BCUT2D eigenvalue weighted by molar-refractivity contribution is 0.0919. The lowest BCUT2D eigenvalue weighted by atomic mass is 10.1. The molecule has 4 nitrogen and oxygen atoms in total. The number of aromatic hydroxyl groups is 1. The smallest absolute Gasteiger partial charge is 0.138 e. The van der Waals surface area contributed by atoms with Crippen LogP contribution in [0.5, 0.6) is 5.75 Å². The van der Waals surface area contributed by atoms with Crippen molar-refractivity contribution in [2.75, 3.05) is 26.7 Å². The monoisotopic (exact) mass is 235 g/mol. The second kappa shape index (κ2) is 5.02. The first kappa shape index (κ1) is 12.3. The molecule has 1 saturated heterocycles. The Morgan fingerprint density at radius 3 is 2.88 bits per heavy atom. The minimum atomic E-state index is 0.307. The van der Waals surface area contributed by atoms with Crippen LogP contribution < -0.4 is 0 Å². The molecule has 2 heterocycles. The molecular weight excluding hydrogens is 214 g/mol. The van der Waals surface area contributed by atoms with Crippen LogP contribution in [-0.2, 0) is 6.54 Å². The molecule has 0 radical (unpaired) electrons. The largest absolute Gasteiger partial charge is 0.506 e. The summed E-state index contributed by atoms with van der Waals surface area (Å²) in [5, 5.41) is 9.80. The van der Waals surface area contributed by atoms with Crippen LogP contribution in [0.4, 0.5) is 0 Å². The zero-order valence-corrected chi connectivity index (χ0v) is 10.8. The van der Waals surface area contributed by atoms with Crippen molar-refractivity contribution in [1.29, 1.82) is 0 Å². The number of aromatic nitrogens is 1. The molecule has 1 unspecified atom stereocenters. The van der Waals surface area contributed by atoms with Crippen LogP contribution in [0.15, 0.2) is 12.1 Å². The fourth-order valence-corrected chi connectivity index (χ4v) is 2.32. The summed E-state index contributed by atoms with van der Waals surface area (Å²) in [6.07, 6.45) is 0. The van der Waals surface area contributed by atoms with E-state index in [1.807, 2.05) is 13.0 Å². The number of nitrogens with zero attached hydrogens (tertiary/aromatic N) is 3. The number of rotatable bonds is 2. The Bertz CT molecular complexity index is 394. The number of hydrogen-bond acceptors (Lipinski definition) is 4. The van der Waals surface area contributed by atoms with E-state index in [1.54, 1.807) is 6.07 Å². The summed E-state index contributed by atoms with van der Waals surface area (Å²) in [7, 11) is 2.15. The van der Waals surface area contributed by atoms with Gasteiger partial charge >= 0.3 is 0 Å². The first-order chi connectivity index (χ1) is 8.06. The van der Waals surface area contributed by atoms with Gasteiger partial charge in [0, 0.05) is 37.9 Å². The van der Waals surface area contributed by atoms with Gasteiger partial charge in [0.25, 0.3) is 0 Å². The molecule has 1 aromatic rings. The Labute approximate surface area is 103 Å². The zero-order valence-electron chi connectivity index (χ0n) is 10.8. The maximum absolute atomic E-state index is 9.80. The van der Waals surface area contributed by atoms with Gasteiger partial charge in [0.15, 0.2) is 0 Å². The third-order valence-electron chi connectivity index (χ3n) is 3.41. The van der Waals surface area contributed by atoms with E-state index in [1.165, 1.54) is 0 Å². The summed E-state index contributed by atoms with van der Waals surface area (Å²) in [6.45, 7) is 8.11. The van der Waals surface area contributed by atoms with Gasteiger partial charge in [-0.1, -0.05) is 0 Å². The molecule has 0 aromatic carbocycles. The molecule has 1 aromatic heterocycles. The Morgan fingerprint density at radius 2 is 2.18 bits per heavy atom. The van der Waals surface area contributed by atoms with Gasteiger partial charge in [-0.05, 0) is 33.0 Å². The average Bonchev–Trinajstić information content (AvgIpc) is 2.27. The van der Waals surface area contributed by atoms with Crippen LogP contribution in [0.3, 0.4) is 0 Å². The van der Waals surface area contributed by atoms with Gasteiger partial charge in [0.05, 0.1) is 5.69 Å². The Kier molecular flexibility index (Phi) is 3.64. The molecule has 0 saturated carbocycles. The van der Waals surface area contributed by atoms with Gasteiger partial charge in [-0.25, -0.2) is 0 Å². The van der Waals surface area contributed by atoms with Crippen LogP contribution in [0.1, 0.15) is 18.3 Å². The first-order valence-electron chi connectivity index (χ1n) is 6.14. The molecule has 17 heavy (non-hydrogen) atoms. The summed E-state index contributed by atoms with van der Waals surface area (Å²) in [5.41, 5.74) is 1.75. The van der Waals surface area contributed by atoms with E-state index in [4.69, 9.17) is 0 Å². The number of aryl methyl sites for hydroxylation is 1. The molecule has 94 valence electrons. The third kappa shape index (κ3) is 2.96. The van der Waals surface area contributed by atoms with Crippen LogP contribution in [0, 0.1) is 6.92 Å². The first-order valence-corrected chi connectivity index (χ1v) is 6.14. The molecule has 1 aliphatic heterocycles. The number of piperazine rings is 1. The van der Waals surface area contributed by atoms with Crippen molar-refractivity contribution in [2.45, 2.75) is 26.4 Å². The molecule has 1 atom stereocenters. The van der Waals surface area contributed by atoms with E-state index in [0.717, 1.165) is 37.6 Å². The fourth-order valence-electron chi connectivity index (χ4n) is 2.32. The van der Waals surface area contributed by atoms with Gasteiger partial charge in [0.2, 0.25) is 0 Å². The molecule has 0 bridgehead atoms. The highest BCUT2D eigenvalue weighted by Crippen LogP contribution is 2.19. The minimum absolute atomic E-state index is 0.307. The minimum Gasteiger partial charge on any atom is -0.506 e. The molecule has 1 aliphatic rings. The predicted octanol–water partition coefficient (Wildman–Crippen LogP) is 1.23. The lowest BCUT2D eigenvalue weighted by Crippen LogP contribution is -2.49. The van der Waals surface area contributed by atoms with Crippen LogP contribution in [-0.4, -0.2) is 52.6 Å². The molecule has 0 aliphatic carbocycles. The highest BCUT2D eigenvalue weighted by molar-refractivity contribution is 5.27. The van der Waals surface area contributed by atoms with Crippen molar-refractivity contribution in [1.82, 2.24) is 14.8 Å². The Morgan fingerprint density at radius 1 is 1.41 bits per heavy atom. The molecular formula is C13H21N3O. The summed E-state index contributed by atoms with van der Waals surface area (Å²) in [5.74, 6) is 0.307. The summed E-state index contributed by atoms with van der Waals surface area (Å²) < 4.78 is 0. The topological polar surface area (TPSA) is 39.6 Å². The third-order valence-corrected chi connectivity index (χ3v) is 3.41. The van der Waals surface area contributed by atoms with Crippen molar-refractivity contribution in [2.24, 2.45) is 0 Å². The van der Waals surface area contributed by atoms with Crippen molar-refractivity contribution >= 4 is 0 Å². The predicted molar refractivity (Wildman–Crippen MR) is 68.0 cm³/mol. The highest BCUT2D eigenvalue weighted by atomic mass is 16.3. The summed E-state index contributed by atoms with van der Waals surface area (Å²) in [4.78, 5) is 9.13. The molecule has 0 spiro atoms. The van der Waals surface area contributed by atoms with Gasteiger partial charge in [-0.15, -0.1) is 0 Å². The Balaban J connectivity index is 2.07. The van der Waals surface area contributed by atoms with Crippen molar-refractivity contribution in [3.05, 3.63) is 23.5 Å². The number of likely N-dealkylation sites (N-methyl/N-ethyl adjacent to an activating group) is 1. The van der Waals surface area contributed by atoms with Gasteiger partial charge in [-0.3, -0.25) is 9.88 Å². The van der Waals surface area contributed by atoms with Gasteiger partial charge < -0.3 is 10.0 Å². The average molecular weight is 235 g/mol. The zero-order chi connectivity index (χ0) is 12.4. The molecule has 1 fully saturated rings. The lowest BCUT2D eigenvalue weighted by Gasteiger charge is -2.38. The van der Waals surface area contributed by atoms with Gasteiger partial charge in [0.1, 0.15) is 5.75 Å². The second-order valence-electron chi connectivity index (χ2n) is 5.00.